The highest BCUT2D eigenvalue weighted by atomic mass is 16.5. The molecular weight excluding hydrogens is 128 g/mol. The molecule has 0 atom stereocenters. The molecule has 0 rings (SSSR count). The van der Waals surface area contributed by atoms with Crippen LogP contribution in [0.1, 0.15) is 26.2 Å². The first kappa shape index (κ1) is 9.21. The van der Waals surface area contributed by atoms with Gasteiger partial charge in [0.2, 0.25) is 0 Å². The standard InChI is InChI=1S/C8H14O2/c1-3-4-5-6-7-8(9)10-2/h4-5H,3,6-7H2,1-2H3/b5-4+. The third kappa shape index (κ3) is 5.35. The van der Waals surface area contributed by atoms with Gasteiger partial charge in [-0.25, -0.2) is 0 Å². The average Bonchev–Trinajstić information content (AvgIpc) is 1.98. The van der Waals surface area contributed by atoms with E-state index in [4.69, 9.17) is 0 Å². The third-order valence-electron chi connectivity index (χ3n) is 1.15. The van der Waals surface area contributed by atoms with Gasteiger partial charge in [0.05, 0.1) is 7.11 Å². The van der Waals surface area contributed by atoms with E-state index >= 15 is 0 Å². The smallest absolute Gasteiger partial charge is 0.305 e. The molecule has 0 radical (unpaired) electrons. The Morgan fingerprint density at radius 2 is 2.20 bits per heavy atom. The molecular formula is C8H14O2. The lowest BCUT2D eigenvalue weighted by atomic mass is 10.3. The minimum Gasteiger partial charge on any atom is -0.469 e. The van der Waals surface area contributed by atoms with Gasteiger partial charge in [-0.1, -0.05) is 19.1 Å². The molecule has 0 N–H and O–H groups in total. The zero-order valence-corrected chi connectivity index (χ0v) is 6.59. The van der Waals surface area contributed by atoms with E-state index in [2.05, 4.69) is 11.7 Å². The van der Waals surface area contributed by atoms with Gasteiger partial charge in [-0.3, -0.25) is 4.79 Å². The van der Waals surface area contributed by atoms with Gasteiger partial charge < -0.3 is 4.74 Å². The fourth-order valence-electron chi connectivity index (χ4n) is 0.588. The topological polar surface area (TPSA) is 26.3 Å². The summed E-state index contributed by atoms with van der Waals surface area (Å²) in [5, 5.41) is 0. The number of ether oxygens (including phenoxy) is 1. The maximum Gasteiger partial charge on any atom is 0.305 e. The van der Waals surface area contributed by atoms with Gasteiger partial charge in [0.25, 0.3) is 0 Å². The van der Waals surface area contributed by atoms with Gasteiger partial charge in [-0.05, 0) is 12.8 Å². The Labute approximate surface area is 61.9 Å². The summed E-state index contributed by atoms with van der Waals surface area (Å²) in [7, 11) is 1.41. The highest BCUT2D eigenvalue weighted by Crippen LogP contribution is 1.93. The largest absolute Gasteiger partial charge is 0.469 e. The van der Waals surface area contributed by atoms with E-state index < -0.39 is 0 Å². The second-order valence-corrected chi connectivity index (χ2v) is 1.99. The zero-order valence-electron chi connectivity index (χ0n) is 6.59. The van der Waals surface area contributed by atoms with Gasteiger partial charge in [-0.2, -0.15) is 0 Å². The van der Waals surface area contributed by atoms with Gasteiger partial charge in [0.15, 0.2) is 0 Å². The van der Waals surface area contributed by atoms with Crippen molar-refractivity contribution < 1.29 is 9.53 Å². The number of methoxy groups -OCH3 is 1. The minimum atomic E-state index is -0.138. The Bertz CT molecular complexity index is 116. The van der Waals surface area contributed by atoms with Crippen LogP contribution in [0.4, 0.5) is 0 Å². The number of carbonyl (C=O) groups excluding carboxylic acids is 1. The van der Waals surface area contributed by atoms with E-state index in [1.54, 1.807) is 0 Å². The summed E-state index contributed by atoms with van der Waals surface area (Å²) < 4.78 is 4.46. The lowest BCUT2D eigenvalue weighted by molar-refractivity contribution is -0.140. The number of rotatable bonds is 4. The van der Waals surface area contributed by atoms with Crippen molar-refractivity contribution in [3.8, 4) is 0 Å². The summed E-state index contributed by atoms with van der Waals surface area (Å²) in [6.45, 7) is 2.06. The van der Waals surface area contributed by atoms with E-state index in [-0.39, 0.29) is 5.97 Å². The Kier molecular flexibility index (Phi) is 5.83. The highest BCUT2D eigenvalue weighted by Gasteiger charge is 1.94. The molecule has 0 saturated heterocycles. The van der Waals surface area contributed by atoms with E-state index in [0.717, 1.165) is 12.8 Å². The molecule has 0 amide bonds. The number of esters is 1. The minimum absolute atomic E-state index is 0.138. The number of carbonyl (C=O) groups is 1. The zero-order chi connectivity index (χ0) is 7.82. The van der Waals surface area contributed by atoms with E-state index in [9.17, 15) is 4.79 Å². The van der Waals surface area contributed by atoms with E-state index in [1.165, 1.54) is 7.11 Å². The normalized spacial score (nSPS) is 10.2. The summed E-state index contributed by atoms with van der Waals surface area (Å²) in [4.78, 5) is 10.5. The monoisotopic (exact) mass is 142 g/mol. The third-order valence-corrected chi connectivity index (χ3v) is 1.15. The van der Waals surface area contributed by atoms with Gasteiger partial charge in [0, 0.05) is 6.42 Å². The Morgan fingerprint density at radius 3 is 2.70 bits per heavy atom. The molecule has 0 unspecified atom stereocenters. The van der Waals surface area contributed by atoms with Crippen molar-refractivity contribution in [3.05, 3.63) is 12.2 Å². The van der Waals surface area contributed by atoms with Crippen molar-refractivity contribution in [2.24, 2.45) is 0 Å². The molecule has 0 aliphatic heterocycles. The molecule has 10 heavy (non-hydrogen) atoms. The quantitative estimate of drug-likeness (QED) is 0.442. The fraction of sp³-hybridized carbons (Fsp3) is 0.625. The molecule has 0 bridgehead atoms. The predicted octanol–water partition coefficient (Wildman–Crippen LogP) is 1.91. The van der Waals surface area contributed by atoms with E-state index in [0.29, 0.717) is 6.42 Å². The van der Waals surface area contributed by atoms with Crippen LogP contribution in [0.25, 0.3) is 0 Å². The lowest BCUT2D eigenvalue weighted by Crippen LogP contribution is -1.97. The van der Waals surface area contributed by atoms with Gasteiger partial charge >= 0.3 is 5.97 Å². The maximum atomic E-state index is 10.5. The van der Waals surface area contributed by atoms with Crippen molar-refractivity contribution in [3.63, 3.8) is 0 Å². The Balaban J connectivity index is 3.19. The van der Waals surface area contributed by atoms with Crippen molar-refractivity contribution in [2.75, 3.05) is 7.11 Å². The molecule has 0 spiro atoms. The van der Waals surface area contributed by atoms with Crippen molar-refractivity contribution in [1.29, 1.82) is 0 Å². The number of allylic oxidation sites excluding steroid dienone is 2. The van der Waals surface area contributed by atoms with Crippen molar-refractivity contribution in [2.45, 2.75) is 26.2 Å². The molecule has 0 aromatic rings. The van der Waals surface area contributed by atoms with Crippen LogP contribution < -0.4 is 0 Å². The SMILES string of the molecule is CC/C=C/CCC(=O)OC. The molecule has 0 saturated carbocycles. The van der Waals surface area contributed by atoms with Crippen LogP contribution in [-0.4, -0.2) is 13.1 Å². The maximum absolute atomic E-state index is 10.5. The summed E-state index contributed by atoms with van der Waals surface area (Å²) in [6.07, 6.45) is 6.36. The molecule has 0 aliphatic rings. The molecule has 2 heteroatoms. The molecule has 58 valence electrons. The van der Waals surface area contributed by atoms with Crippen LogP contribution in [0.15, 0.2) is 12.2 Å². The first-order valence-electron chi connectivity index (χ1n) is 3.53. The van der Waals surface area contributed by atoms with Crippen LogP contribution in [0, 0.1) is 0 Å². The van der Waals surface area contributed by atoms with Crippen LogP contribution in [-0.2, 0) is 9.53 Å². The van der Waals surface area contributed by atoms with Gasteiger partial charge in [-0.15, -0.1) is 0 Å². The number of hydrogen-bond acceptors (Lipinski definition) is 2. The molecule has 0 heterocycles. The highest BCUT2D eigenvalue weighted by molar-refractivity contribution is 5.69. The molecule has 0 aromatic heterocycles. The summed E-state index contributed by atoms with van der Waals surface area (Å²) in [5.74, 6) is -0.138. The van der Waals surface area contributed by atoms with Gasteiger partial charge in [0.1, 0.15) is 0 Å². The molecule has 0 aromatic carbocycles. The second kappa shape index (κ2) is 6.33. The molecule has 2 nitrogen and oxygen atoms in total. The van der Waals surface area contributed by atoms with Crippen LogP contribution >= 0.6 is 0 Å². The Morgan fingerprint density at radius 1 is 1.50 bits per heavy atom. The summed E-state index contributed by atoms with van der Waals surface area (Å²) in [6, 6.07) is 0. The number of hydrogen-bond donors (Lipinski definition) is 0. The van der Waals surface area contributed by atoms with Crippen LogP contribution in [0.2, 0.25) is 0 Å². The molecule has 0 aliphatic carbocycles. The van der Waals surface area contributed by atoms with Crippen molar-refractivity contribution in [1.82, 2.24) is 0 Å². The van der Waals surface area contributed by atoms with E-state index in [1.807, 2.05) is 12.2 Å². The lowest BCUT2D eigenvalue weighted by Gasteiger charge is -1.92. The first-order valence-corrected chi connectivity index (χ1v) is 3.53. The first-order chi connectivity index (χ1) is 4.81. The second-order valence-electron chi connectivity index (χ2n) is 1.99. The van der Waals surface area contributed by atoms with Crippen molar-refractivity contribution >= 4 is 5.97 Å². The predicted molar refractivity (Wildman–Crippen MR) is 40.7 cm³/mol. The fourth-order valence-corrected chi connectivity index (χ4v) is 0.588. The van der Waals surface area contributed by atoms with Crippen LogP contribution in [0.5, 0.6) is 0 Å². The summed E-state index contributed by atoms with van der Waals surface area (Å²) >= 11 is 0. The van der Waals surface area contributed by atoms with Crippen LogP contribution in [0.3, 0.4) is 0 Å². The average molecular weight is 142 g/mol. The molecule has 0 fully saturated rings. The Hall–Kier alpha value is -0.790. The summed E-state index contributed by atoms with van der Waals surface area (Å²) in [5.41, 5.74) is 0.